The van der Waals surface area contributed by atoms with Crippen LogP contribution in [-0.4, -0.2) is 98.9 Å². The second-order valence-electron chi connectivity index (χ2n) is 10.4. The summed E-state index contributed by atoms with van der Waals surface area (Å²) in [5, 5.41) is 22.7. The van der Waals surface area contributed by atoms with Gasteiger partial charge in [0.15, 0.2) is 18.1 Å². The largest absolute Gasteiger partial charge is 0.472 e. The molecule has 7 heterocycles. The molecule has 0 aromatic carbocycles. The van der Waals surface area contributed by atoms with Gasteiger partial charge in [-0.1, -0.05) is 0 Å². The van der Waals surface area contributed by atoms with E-state index in [0.29, 0.717) is 5.39 Å². The molecule has 3 fully saturated rings. The third-order valence-electron chi connectivity index (χ3n) is 7.62. The van der Waals surface area contributed by atoms with E-state index in [-0.39, 0.29) is 28.4 Å². The van der Waals surface area contributed by atoms with Crippen LogP contribution >= 0.6 is 15.6 Å². The van der Waals surface area contributed by atoms with Gasteiger partial charge in [-0.25, -0.2) is 19.1 Å². The summed E-state index contributed by atoms with van der Waals surface area (Å²) in [6.07, 6.45) is -8.28. The summed E-state index contributed by atoms with van der Waals surface area (Å²) in [4.78, 5) is 48.1. The molecule has 21 nitrogen and oxygen atoms in total. The second kappa shape index (κ2) is 10.9. The molecule has 242 valence electrons. The Morgan fingerprint density at radius 1 is 0.844 bits per heavy atom. The number of H-pyrrole nitrogens is 1. The van der Waals surface area contributed by atoms with Crippen molar-refractivity contribution in [2.45, 2.75) is 49.1 Å². The molecule has 4 aromatic heterocycles. The zero-order valence-electron chi connectivity index (χ0n) is 22.7. The smallest absolute Gasteiger partial charge is 0.387 e. The van der Waals surface area contributed by atoms with Crippen molar-refractivity contribution in [3.05, 3.63) is 41.2 Å². The van der Waals surface area contributed by atoms with Crippen LogP contribution in [0.25, 0.3) is 22.1 Å². The molecule has 0 spiro atoms. The van der Waals surface area contributed by atoms with E-state index in [9.17, 15) is 33.9 Å². The summed E-state index contributed by atoms with van der Waals surface area (Å²) < 4.78 is 61.5. The average Bonchev–Trinajstić information content (AvgIpc) is 3.72. The number of anilines is 2. The number of nitrogen functional groups attached to an aromatic ring is 2. The first kappa shape index (κ1) is 30.4. The summed E-state index contributed by atoms with van der Waals surface area (Å²) in [6, 6.07) is 2.93. The monoisotopic (exact) mass is 672 g/mol. The fourth-order valence-corrected chi connectivity index (χ4v) is 7.47. The number of aliphatic hydroxyl groups excluding tert-OH is 2. The van der Waals surface area contributed by atoms with Crippen LogP contribution in [0.5, 0.6) is 0 Å². The normalized spacial score (nSPS) is 37.7. The van der Waals surface area contributed by atoms with Crippen molar-refractivity contribution in [3.8, 4) is 0 Å². The molecule has 23 heteroatoms. The third-order valence-corrected chi connectivity index (χ3v) is 9.59. The Hall–Kier alpha value is -3.30. The van der Waals surface area contributed by atoms with Gasteiger partial charge in [-0.15, -0.1) is 0 Å². The van der Waals surface area contributed by atoms with Gasteiger partial charge in [-0.3, -0.25) is 27.9 Å². The van der Waals surface area contributed by atoms with Crippen LogP contribution in [0.1, 0.15) is 12.5 Å². The number of nitrogens with zero attached hydrogens (tertiary/aromatic N) is 5. The van der Waals surface area contributed by atoms with Gasteiger partial charge in [0.2, 0.25) is 5.95 Å². The lowest BCUT2D eigenvalue weighted by molar-refractivity contribution is -0.0670. The maximum atomic E-state index is 13.2. The molecular weight excluding hydrogens is 646 g/mol. The van der Waals surface area contributed by atoms with Gasteiger partial charge in [0, 0.05) is 12.4 Å². The van der Waals surface area contributed by atoms with Crippen LogP contribution < -0.4 is 17.0 Å². The molecule has 0 amide bonds. The third kappa shape index (κ3) is 5.35. The van der Waals surface area contributed by atoms with E-state index in [0.717, 1.165) is 0 Å². The molecule has 0 radical (unpaired) electrons. The van der Waals surface area contributed by atoms with Gasteiger partial charge in [-0.05, 0) is 12.1 Å². The molecule has 3 saturated heterocycles. The van der Waals surface area contributed by atoms with Gasteiger partial charge in [0.05, 0.1) is 24.0 Å². The summed E-state index contributed by atoms with van der Waals surface area (Å²) >= 11 is 0. The molecule has 3 aliphatic heterocycles. The predicted molar refractivity (Wildman–Crippen MR) is 148 cm³/mol. The highest BCUT2D eigenvalue weighted by atomic mass is 31.2. The van der Waals surface area contributed by atoms with Crippen LogP contribution in [0, 0.1) is 0 Å². The lowest BCUT2D eigenvalue weighted by Gasteiger charge is -2.26. The Morgan fingerprint density at radius 2 is 1.47 bits per heavy atom. The number of fused-ring (bicyclic) bond motifs is 5. The molecule has 4 aromatic rings. The minimum atomic E-state index is -5.08. The number of rotatable bonds is 2. The van der Waals surface area contributed by atoms with Crippen molar-refractivity contribution >= 4 is 49.5 Å². The maximum absolute atomic E-state index is 13.2. The predicted octanol–water partition coefficient (Wildman–Crippen LogP) is -1.13. The number of hydrogen-bond acceptors (Lipinski definition) is 16. The van der Waals surface area contributed by atoms with Crippen LogP contribution in [-0.2, 0) is 36.7 Å². The van der Waals surface area contributed by atoms with Gasteiger partial charge in [0.25, 0.3) is 5.56 Å². The molecule has 9 N–H and O–H groups in total. The first-order chi connectivity index (χ1) is 21.3. The van der Waals surface area contributed by atoms with E-state index >= 15 is 0 Å². The standard InChI is InChI=1S/C22H26N8O13P2/c23-16-8-1-3-29(17(8)26-7-25-16)20-13(32)14-11(41-20)6-39-45(36,37)43-15-12(31)10(5-38-44(34,35)42-14)40-21(15)30-4-2-9-18(30)27-22(24)28-19(9)33/h1-4,7,10-15,20-21,31-32H,5-6H2,(H,34,35)(H,36,37)(H2,23,25,26)(H3,24,27,28,33)/t10-,11-,12?,13+,14?,15+,20-,21-/m1/s1. The molecular formula is C22H26N8O13P2. The summed E-state index contributed by atoms with van der Waals surface area (Å²) in [7, 11) is -10.1. The number of nitrogens with two attached hydrogens (primary N) is 2. The van der Waals surface area contributed by atoms with Crippen molar-refractivity contribution in [2.75, 3.05) is 24.7 Å². The SMILES string of the molecule is Nc1nc2c(ccn2[C@@H]2O[C@@H]3COP(=O)(O)OC4[C@@H](COP(=O)(O)O[C@H]2C3O)O[C@@H](n2ccc3c(N)ncnc32)[C@H]4O)c(=O)[nH]1. The van der Waals surface area contributed by atoms with E-state index in [1.807, 2.05) is 0 Å². The molecule has 10 atom stereocenters. The fraction of sp³-hybridized carbons (Fsp3) is 0.455. The number of aliphatic hydroxyl groups is 2. The molecule has 4 unspecified atom stereocenters. The molecule has 2 bridgehead atoms. The van der Waals surface area contributed by atoms with Crippen molar-refractivity contribution in [2.24, 2.45) is 0 Å². The number of aromatic amines is 1. The van der Waals surface area contributed by atoms with Crippen LogP contribution in [0.4, 0.5) is 11.8 Å². The number of hydrogen-bond donors (Lipinski definition) is 7. The molecule has 45 heavy (non-hydrogen) atoms. The number of nitrogens with one attached hydrogen (secondary N) is 1. The number of phosphoric acid groups is 2. The van der Waals surface area contributed by atoms with E-state index in [2.05, 4.69) is 19.9 Å². The Labute approximate surface area is 250 Å². The highest BCUT2D eigenvalue weighted by molar-refractivity contribution is 7.47. The molecule has 0 saturated carbocycles. The quantitative estimate of drug-likeness (QED) is 0.124. The van der Waals surface area contributed by atoms with E-state index < -0.39 is 83.5 Å². The Morgan fingerprint density at radius 3 is 2.20 bits per heavy atom. The Kier molecular flexibility index (Phi) is 7.36. The Bertz CT molecular complexity index is 1930. The molecule has 7 rings (SSSR count). The highest BCUT2D eigenvalue weighted by Crippen LogP contribution is 2.53. The summed E-state index contributed by atoms with van der Waals surface area (Å²) in [6.45, 7) is -1.59. The highest BCUT2D eigenvalue weighted by Gasteiger charge is 2.53. The first-order valence-electron chi connectivity index (χ1n) is 13.2. The lowest BCUT2D eigenvalue weighted by atomic mass is 10.1. The van der Waals surface area contributed by atoms with Crippen molar-refractivity contribution in [3.63, 3.8) is 0 Å². The van der Waals surface area contributed by atoms with Gasteiger partial charge in [-0.2, -0.15) is 4.98 Å². The second-order valence-corrected chi connectivity index (χ2v) is 13.2. The van der Waals surface area contributed by atoms with E-state index in [1.165, 1.54) is 33.9 Å². The van der Waals surface area contributed by atoms with Crippen LogP contribution in [0.3, 0.4) is 0 Å². The van der Waals surface area contributed by atoms with Crippen molar-refractivity contribution in [1.29, 1.82) is 0 Å². The average molecular weight is 672 g/mol. The van der Waals surface area contributed by atoms with Gasteiger partial charge < -0.3 is 50.1 Å². The summed E-state index contributed by atoms with van der Waals surface area (Å²) in [5.41, 5.74) is 11.2. The van der Waals surface area contributed by atoms with Crippen LogP contribution in [0.15, 0.2) is 35.6 Å². The van der Waals surface area contributed by atoms with Crippen LogP contribution in [0.2, 0.25) is 0 Å². The zero-order chi connectivity index (χ0) is 31.8. The zero-order valence-corrected chi connectivity index (χ0v) is 24.5. The maximum Gasteiger partial charge on any atom is 0.472 e. The number of ether oxygens (including phenoxy) is 2. The fourth-order valence-electron chi connectivity index (χ4n) is 5.57. The summed E-state index contributed by atoms with van der Waals surface area (Å²) in [5.74, 6) is -0.0910. The number of phosphoric ester groups is 2. The minimum Gasteiger partial charge on any atom is -0.387 e. The first-order valence-corrected chi connectivity index (χ1v) is 16.2. The molecule has 0 aliphatic carbocycles. The minimum absolute atomic E-state index is 0.0126. The van der Waals surface area contributed by atoms with Gasteiger partial charge in [0.1, 0.15) is 54.4 Å². The van der Waals surface area contributed by atoms with E-state index in [4.69, 9.17) is 39.0 Å². The topological polar surface area (TPSA) is 304 Å². The Balaban J connectivity index is 1.21. The van der Waals surface area contributed by atoms with Crippen molar-refractivity contribution < 1.29 is 56.7 Å². The number of aromatic nitrogens is 6. The lowest BCUT2D eigenvalue weighted by Crippen LogP contribution is -2.36. The van der Waals surface area contributed by atoms with Crippen molar-refractivity contribution in [1.82, 2.24) is 29.1 Å². The molecule has 3 aliphatic rings. The van der Waals surface area contributed by atoms with Gasteiger partial charge >= 0.3 is 15.6 Å². The van der Waals surface area contributed by atoms with E-state index in [1.54, 1.807) is 6.07 Å².